The Bertz CT molecular complexity index is 608. The van der Waals surface area contributed by atoms with E-state index in [2.05, 4.69) is 5.32 Å². The summed E-state index contributed by atoms with van der Waals surface area (Å²) in [6.07, 6.45) is 5.02. The fourth-order valence-corrected chi connectivity index (χ4v) is 3.50. The molecule has 1 aromatic carbocycles. The molecule has 2 saturated heterocycles. The van der Waals surface area contributed by atoms with Gasteiger partial charge in [0.15, 0.2) is 0 Å². The number of hydrogen-bond donors (Lipinski definition) is 1. The maximum atomic E-state index is 13.7. The van der Waals surface area contributed by atoms with Crippen molar-refractivity contribution in [1.29, 1.82) is 0 Å². The summed E-state index contributed by atoms with van der Waals surface area (Å²) in [5.41, 5.74) is 0.113. The molecule has 0 spiro atoms. The zero-order valence-electron chi connectivity index (χ0n) is 14.4. The van der Waals surface area contributed by atoms with Gasteiger partial charge in [0.05, 0.1) is 11.7 Å². The molecule has 0 radical (unpaired) electrons. The molecule has 0 unspecified atom stereocenters. The Labute approximate surface area is 147 Å². The summed E-state index contributed by atoms with van der Waals surface area (Å²) in [5, 5.41) is 3.05. The molecule has 2 aliphatic rings. The molecular weight excluding hydrogens is 323 g/mol. The van der Waals surface area contributed by atoms with Crippen LogP contribution in [-0.2, 0) is 9.53 Å². The minimum Gasteiger partial charge on any atom is -0.378 e. The molecule has 0 aliphatic carbocycles. The third kappa shape index (κ3) is 4.78. The molecule has 0 bridgehead atoms. The topological polar surface area (TPSA) is 58.6 Å². The van der Waals surface area contributed by atoms with E-state index >= 15 is 0 Å². The molecule has 2 heterocycles. The van der Waals surface area contributed by atoms with Gasteiger partial charge in [0.1, 0.15) is 5.82 Å². The Balaban J connectivity index is 1.41. The van der Waals surface area contributed by atoms with Crippen LogP contribution in [0.1, 0.15) is 48.9 Å². The van der Waals surface area contributed by atoms with Gasteiger partial charge in [-0.3, -0.25) is 9.59 Å². The number of nitrogens with one attached hydrogen (secondary N) is 1. The molecule has 2 fully saturated rings. The van der Waals surface area contributed by atoms with Crippen LogP contribution in [0.2, 0.25) is 0 Å². The number of likely N-dealkylation sites (tertiary alicyclic amines) is 1. The normalized spacial score (nSPS) is 21.3. The summed E-state index contributed by atoms with van der Waals surface area (Å²) in [4.78, 5) is 26.1. The van der Waals surface area contributed by atoms with Crippen molar-refractivity contribution < 1.29 is 18.7 Å². The van der Waals surface area contributed by atoms with Crippen LogP contribution in [0.15, 0.2) is 24.3 Å². The van der Waals surface area contributed by atoms with E-state index in [9.17, 15) is 14.0 Å². The molecule has 2 amide bonds. The summed E-state index contributed by atoms with van der Waals surface area (Å²) in [7, 11) is 0. The van der Waals surface area contributed by atoms with Gasteiger partial charge >= 0.3 is 0 Å². The van der Waals surface area contributed by atoms with Crippen LogP contribution < -0.4 is 5.32 Å². The van der Waals surface area contributed by atoms with Crippen LogP contribution in [0.5, 0.6) is 0 Å². The first kappa shape index (κ1) is 17.9. The lowest BCUT2D eigenvalue weighted by Gasteiger charge is -2.32. The van der Waals surface area contributed by atoms with Crippen LogP contribution in [0, 0.1) is 5.82 Å². The van der Waals surface area contributed by atoms with Crippen molar-refractivity contribution in [2.75, 3.05) is 19.7 Å². The fourth-order valence-electron chi connectivity index (χ4n) is 3.50. The van der Waals surface area contributed by atoms with Gasteiger partial charge in [0.25, 0.3) is 5.91 Å². The lowest BCUT2D eigenvalue weighted by molar-refractivity contribution is -0.122. The number of piperidine rings is 1. The quantitative estimate of drug-likeness (QED) is 0.889. The second-order valence-corrected chi connectivity index (χ2v) is 6.79. The summed E-state index contributed by atoms with van der Waals surface area (Å²) >= 11 is 0. The average Bonchev–Trinajstić information content (AvgIpc) is 3.14. The van der Waals surface area contributed by atoms with Gasteiger partial charge in [0.2, 0.25) is 5.91 Å². The van der Waals surface area contributed by atoms with E-state index in [0.29, 0.717) is 32.4 Å². The van der Waals surface area contributed by atoms with Crippen molar-refractivity contribution in [3.05, 3.63) is 35.6 Å². The van der Waals surface area contributed by atoms with Crippen LogP contribution in [0.4, 0.5) is 4.39 Å². The van der Waals surface area contributed by atoms with E-state index in [1.807, 2.05) is 0 Å². The van der Waals surface area contributed by atoms with E-state index in [0.717, 1.165) is 25.9 Å². The Morgan fingerprint density at radius 1 is 1.20 bits per heavy atom. The molecular formula is C19H25FN2O3. The zero-order chi connectivity index (χ0) is 17.6. The molecule has 0 saturated carbocycles. The monoisotopic (exact) mass is 348 g/mol. The van der Waals surface area contributed by atoms with Gasteiger partial charge in [-0.15, -0.1) is 0 Å². The van der Waals surface area contributed by atoms with Gasteiger partial charge in [-0.1, -0.05) is 12.1 Å². The molecule has 136 valence electrons. The number of benzene rings is 1. The first-order valence-electron chi connectivity index (χ1n) is 9.08. The van der Waals surface area contributed by atoms with Gasteiger partial charge < -0.3 is 15.0 Å². The highest BCUT2D eigenvalue weighted by Crippen LogP contribution is 2.18. The molecule has 6 heteroatoms. The minimum absolute atomic E-state index is 0.0504. The number of halogens is 1. The van der Waals surface area contributed by atoms with Crippen molar-refractivity contribution in [2.45, 2.75) is 50.7 Å². The predicted molar refractivity (Wildman–Crippen MR) is 91.7 cm³/mol. The molecule has 2 aliphatic heterocycles. The summed E-state index contributed by atoms with van der Waals surface area (Å²) < 4.78 is 19.3. The highest BCUT2D eigenvalue weighted by atomic mass is 19.1. The molecule has 1 N–H and O–H groups in total. The Kier molecular flexibility index (Phi) is 6.02. The highest BCUT2D eigenvalue weighted by Gasteiger charge is 2.26. The number of rotatable bonds is 5. The largest absolute Gasteiger partial charge is 0.378 e. The number of carbonyl (C=O) groups excluding carboxylic acids is 2. The van der Waals surface area contributed by atoms with E-state index in [-0.39, 0.29) is 29.5 Å². The number of carbonyl (C=O) groups is 2. The highest BCUT2D eigenvalue weighted by molar-refractivity contribution is 5.94. The molecule has 1 aromatic rings. The van der Waals surface area contributed by atoms with Crippen molar-refractivity contribution in [3.63, 3.8) is 0 Å². The SMILES string of the molecule is O=C(CC[C@H]1CCCO1)NC1CCN(C(=O)c2ccccc2F)CC1. The molecule has 3 rings (SSSR count). The fraction of sp³-hybridized carbons (Fsp3) is 0.579. The summed E-state index contributed by atoms with van der Waals surface area (Å²) in [6.45, 7) is 1.87. The number of hydrogen-bond acceptors (Lipinski definition) is 3. The Morgan fingerprint density at radius 3 is 2.64 bits per heavy atom. The maximum absolute atomic E-state index is 13.7. The summed E-state index contributed by atoms with van der Waals surface area (Å²) in [6, 6.07) is 6.13. The van der Waals surface area contributed by atoms with E-state index in [4.69, 9.17) is 4.74 Å². The first-order valence-corrected chi connectivity index (χ1v) is 9.08. The molecule has 5 nitrogen and oxygen atoms in total. The summed E-state index contributed by atoms with van der Waals surface area (Å²) in [5.74, 6) is -0.715. The third-order valence-corrected chi connectivity index (χ3v) is 4.97. The van der Waals surface area contributed by atoms with Gasteiger partial charge in [-0.05, 0) is 44.2 Å². The van der Waals surface area contributed by atoms with Crippen molar-refractivity contribution in [2.24, 2.45) is 0 Å². The molecule has 1 atom stereocenters. The Morgan fingerprint density at radius 2 is 1.96 bits per heavy atom. The lowest BCUT2D eigenvalue weighted by Crippen LogP contribution is -2.46. The number of amides is 2. The van der Waals surface area contributed by atoms with Crippen LogP contribution in [0.25, 0.3) is 0 Å². The molecule has 25 heavy (non-hydrogen) atoms. The van der Waals surface area contributed by atoms with E-state index in [1.54, 1.807) is 17.0 Å². The smallest absolute Gasteiger partial charge is 0.256 e. The van der Waals surface area contributed by atoms with Crippen LogP contribution in [0.3, 0.4) is 0 Å². The van der Waals surface area contributed by atoms with Crippen molar-refractivity contribution in [1.82, 2.24) is 10.2 Å². The van der Waals surface area contributed by atoms with Crippen molar-refractivity contribution >= 4 is 11.8 Å². The predicted octanol–water partition coefficient (Wildman–Crippen LogP) is 2.51. The van der Waals surface area contributed by atoms with Crippen LogP contribution in [-0.4, -0.2) is 48.6 Å². The van der Waals surface area contributed by atoms with Crippen molar-refractivity contribution in [3.8, 4) is 0 Å². The van der Waals surface area contributed by atoms with Gasteiger partial charge in [-0.25, -0.2) is 4.39 Å². The standard InChI is InChI=1S/C19H25FN2O3/c20-17-6-2-1-5-16(17)19(24)22-11-9-14(10-12-22)21-18(23)8-7-15-4-3-13-25-15/h1-2,5-6,14-15H,3-4,7-13H2,(H,21,23)/t15-/m1/s1. The van der Waals surface area contributed by atoms with Crippen LogP contribution >= 0.6 is 0 Å². The van der Waals surface area contributed by atoms with E-state index < -0.39 is 5.82 Å². The zero-order valence-corrected chi connectivity index (χ0v) is 14.4. The average molecular weight is 348 g/mol. The van der Waals surface area contributed by atoms with E-state index in [1.165, 1.54) is 12.1 Å². The van der Waals surface area contributed by atoms with Gasteiger partial charge in [-0.2, -0.15) is 0 Å². The lowest BCUT2D eigenvalue weighted by atomic mass is 10.0. The van der Waals surface area contributed by atoms with Gasteiger partial charge in [0, 0.05) is 32.2 Å². The Hall–Kier alpha value is -1.95. The first-order chi connectivity index (χ1) is 12.1. The maximum Gasteiger partial charge on any atom is 0.256 e. The minimum atomic E-state index is -0.489. The second-order valence-electron chi connectivity index (χ2n) is 6.79. The second kappa shape index (κ2) is 8.43. The number of ether oxygens (including phenoxy) is 1. The third-order valence-electron chi connectivity index (χ3n) is 4.97. The molecule has 0 aromatic heterocycles. The number of nitrogens with zero attached hydrogens (tertiary/aromatic N) is 1.